The van der Waals surface area contributed by atoms with Gasteiger partial charge in [-0.25, -0.2) is 4.79 Å². The molecule has 0 amide bonds. The molecule has 9 nitrogen and oxygen atoms in total. The second-order valence-corrected chi connectivity index (χ2v) is 13.6. The lowest BCUT2D eigenvalue weighted by molar-refractivity contribution is -0.319. The van der Waals surface area contributed by atoms with Gasteiger partial charge in [-0.05, 0) is 56.2 Å². The van der Waals surface area contributed by atoms with Crippen molar-refractivity contribution in [2.45, 2.75) is 74.3 Å². The molecule has 5 aliphatic carbocycles. The predicted molar refractivity (Wildman–Crippen MR) is 148 cm³/mol. The Hall–Kier alpha value is -1.59. The van der Waals surface area contributed by atoms with Gasteiger partial charge in [-0.15, -0.1) is 0 Å². The van der Waals surface area contributed by atoms with E-state index in [1.807, 2.05) is 13.2 Å². The highest BCUT2D eigenvalue weighted by molar-refractivity contribution is 5.89. The average molecular weight is 572 g/mol. The molecule has 2 N–H and O–H groups in total. The topological polar surface area (TPSA) is 107 Å². The smallest absolute Gasteiger partial charge is 0.338 e. The van der Waals surface area contributed by atoms with Crippen LogP contribution in [0.4, 0.5) is 0 Å². The number of esters is 1. The van der Waals surface area contributed by atoms with E-state index in [9.17, 15) is 15.0 Å². The number of hydrogen-bond donors (Lipinski definition) is 2. The monoisotopic (exact) mass is 571 g/mol. The maximum atomic E-state index is 13.6. The van der Waals surface area contributed by atoms with E-state index in [-0.39, 0.29) is 40.7 Å². The van der Waals surface area contributed by atoms with Crippen LogP contribution in [0.25, 0.3) is 0 Å². The number of rotatable bonds is 8. The van der Waals surface area contributed by atoms with Gasteiger partial charge < -0.3 is 33.9 Å². The molecule has 7 bridgehead atoms. The van der Waals surface area contributed by atoms with E-state index in [2.05, 4.69) is 11.8 Å². The number of piperidine rings is 1. The second-order valence-electron chi connectivity index (χ2n) is 13.6. The first-order valence-corrected chi connectivity index (χ1v) is 15.2. The van der Waals surface area contributed by atoms with Crippen LogP contribution >= 0.6 is 0 Å². The lowest BCUT2D eigenvalue weighted by Crippen LogP contribution is -2.80. The van der Waals surface area contributed by atoms with Gasteiger partial charge in [-0.1, -0.05) is 25.1 Å². The maximum Gasteiger partial charge on any atom is 0.338 e. The number of aliphatic hydroxyl groups is 2. The molecule has 1 spiro atoms. The first-order valence-electron chi connectivity index (χ1n) is 15.2. The molecule has 1 heterocycles. The van der Waals surface area contributed by atoms with Gasteiger partial charge in [-0.3, -0.25) is 4.90 Å². The minimum atomic E-state index is -1.58. The minimum Gasteiger partial charge on any atom is -0.455 e. The normalized spacial score (nSPS) is 51.0. The number of nitrogens with zero attached hydrogens (tertiary/aromatic N) is 1. The van der Waals surface area contributed by atoms with Crippen LogP contribution in [0, 0.1) is 34.5 Å². The molecule has 1 aliphatic heterocycles. The van der Waals surface area contributed by atoms with Crippen LogP contribution in [-0.2, 0) is 23.7 Å². The predicted octanol–water partition coefficient (Wildman–Crippen LogP) is 2.14. The second kappa shape index (κ2) is 9.45. The van der Waals surface area contributed by atoms with Crippen molar-refractivity contribution in [2.24, 2.45) is 34.5 Å². The Bertz CT molecular complexity index is 1180. The summed E-state index contributed by atoms with van der Waals surface area (Å²) in [6.45, 7) is 4.65. The van der Waals surface area contributed by atoms with Crippen molar-refractivity contribution in [3.63, 3.8) is 0 Å². The molecular formula is C32H45NO8. The van der Waals surface area contributed by atoms with Crippen LogP contribution in [-0.4, -0.2) is 111 Å². The van der Waals surface area contributed by atoms with Gasteiger partial charge in [0.25, 0.3) is 0 Å². The summed E-state index contributed by atoms with van der Waals surface area (Å²) >= 11 is 0. The number of ether oxygens (including phenoxy) is 5. The van der Waals surface area contributed by atoms with E-state index in [1.165, 1.54) is 7.11 Å². The number of methoxy groups -OCH3 is 4. The highest BCUT2D eigenvalue weighted by atomic mass is 16.6. The summed E-state index contributed by atoms with van der Waals surface area (Å²) < 4.78 is 31.3. The van der Waals surface area contributed by atoms with Crippen molar-refractivity contribution >= 4 is 5.97 Å². The van der Waals surface area contributed by atoms with Gasteiger partial charge in [0.15, 0.2) is 0 Å². The third kappa shape index (κ3) is 3.14. The molecule has 13 atom stereocenters. The Morgan fingerprint density at radius 2 is 1.83 bits per heavy atom. The first-order chi connectivity index (χ1) is 19.7. The SMILES string of the molecule is CCN1C[C@]2(COC)CC[C@H](OC)[C@@]34[C@@H]5C[C@@]6(O)[C@H](OC(=O)c7ccccc7)[C@@H]5[C@](OC)([C@@H](O)[C@@H]6OC)[C@@H](C[C@H]23)[C@H]14. The number of likely N-dealkylation sites (tertiary alicyclic amines) is 1. The highest BCUT2D eigenvalue weighted by Crippen LogP contribution is 2.80. The molecule has 41 heavy (non-hydrogen) atoms. The Morgan fingerprint density at radius 1 is 1.07 bits per heavy atom. The van der Waals surface area contributed by atoms with Crippen LogP contribution < -0.4 is 0 Å². The van der Waals surface area contributed by atoms with Crippen molar-refractivity contribution in [1.82, 2.24) is 4.90 Å². The quantitative estimate of drug-likeness (QED) is 0.454. The van der Waals surface area contributed by atoms with Crippen molar-refractivity contribution < 1.29 is 38.7 Å². The van der Waals surface area contributed by atoms with Crippen LogP contribution in [0.1, 0.15) is 43.0 Å². The standard InChI is InChI=1S/C32H45NO8/c1-6-33-16-29(17-37-2)13-12-22(38-3)31-20-15-30(36)26(41-28(35)18-10-8-7-9-11-18)23(20)32(40-5,25(34)27(30)39-4)19(24(31)33)14-21(29)31/h7-11,19-27,34,36H,6,12-17H2,1-5H3/t19-,20+,21+,22-,23+,24-,25-,26+,27-,29-,30+,31+,32-/m0/s1. The maximum absolute atomic E-state index is 13.6. The first kappa shape index (κ1) is 28.2. The molecule has 1 aromatic carbocycles. The number of aliphatic hydroxyl groups excluding tert-OH is 1. The molecule has 6 fully saturated rings. The summed E-state index contributed by atoms with van der Waals surface area (Å²) in [5.41, 5.74) is -2.62. The molecule has 1 saturated heterocycles. The number of hydrogen-bond acceptors (Lipinski definition) is 9. The molecule has 9 heteroatoms. The molecule has 0 unspecified atom stereocenters. The van der Waals surface area contributed by atoms with Crippen molar-refractivity contribution in [3.05, 3.63) is 35.9 Å². The zero-order valence-corrected chi connectivity index (χ0v) is 24.8. The van der Waals surface area contributed by atoms with Gasteiger partial charge in [0.1, 0.15) is 29.5 Å². The third-order valence-electron chi connectivity index (χ3n) is 12.9. The zero-order valence-electron chi connectivity index (χ0n) is 24.8. The van der Waals surface area contributed by atoms with E-state index in [0.717, 1.165) is 32.4 Å². The van der Waals surface area contributed by atoms with Crippen LogP contribution in [0.15, 0.2) is 30.3 Å². The summed E-state index contributed by atoms with van der Waals surface area (Å²) in [6, 6.07) is 8.99. The van der Waals surface area contributed by atoms with Gasteiger partial charge >= 0.3 is 5.97 Å². The fourth-order valence-electron chi connectivity index (χ4n) is 12.0. The van der Waals surface area contributed by atoms with Crippen molar-refractivity contribution in [1.29, 1.82) is 0 Å². The molecule has 5 saturated carbocycles. The Kier molecular flexibility index (Phi) is 6.50. The van der Waals surface area contributed by atoms with Gasteiger partial charge in [0.2, 0.25) is 0 Å². The molecular weight excluding hydrogens is 526 g/mol. The fraction of sp³-hybridized carbons (Fsp3) is 0.781. The molecule has 7 rings (SSSR count). The fourth-order valence-corrected chi connectivity index (χ4v) is 12.0. The number of benzene rings is 1. The average Bonchev–Trinajstić information content (AvgIpc) is 3.37. The van der Waals surface area contributed by atoms with Crippen molar-refractivity contribution in [3.8, 4) is 0 Å². The summed E-state index contributed by atoms with van der Waals surface area (Å²) in [7, 11) is 6.80. The van der Waals surface area contributed by atoms with Crippen LogP contribution in [0.5, 0.6) is 0 Å². The summed E-state index contributed by atoms with van der Waals surface area (Å²) in [4.78, 5) is 16.2. The van der Waals surface area contributed by atoms with E-state index in [4.69, 9.17) is 23.7 Å². The van der Waals surface area contributed by atoms with E-state index in [1.54, 1.807) is 38.5 Å². The summed E-state index contributed by atoms with van der Waals surface area (Å²) in [5, 5.41) is 24.9. The van der Waals surface area contributed by atoms with E-state index < -0.39 is 41.4 Å². The largest absolute Gasteiger partial charge is 0.455 e. The highest BCUT2D eigenvalue weighted by Gasteiger charge is 2.88. The number of fused-ring (bicyclic) bond motifs is 2. The van der Waals surface area contributed by atoms with E-state index >= 15 is 0 Å². The summed E-state index contributed by atoms with van der Waals surface area (Å²) in [5.74, 6) is -0.847. The lowest BCUT2D eigenvalue weighted by atomic mass is 9.43. The zero-order chi connectivity index (χ0) is 28.9. The van der Waals surface area contributed by atoms with Gasteiger partial charge in [0.05, 0.1) is 18.3 Å². The third-order valence-corrected chi connectivity index (χ3v) is 12.9. The van der Waals surface area contributed by atoms with Gasteiger partial charge in [0, 0.05) is 63.7 Å². The lowest BCUT2D eigenvalue weighted by Gasteiger charge is -2.70. The van der Waals surface area contributed by atoms with E-state index in [0.29, 0.717) is 18.6 Å². The molecule has 226 valence electrons. The Morgan fingerprint density at radius 3 is 2.46 bits per heavy atom. The number of carbonyl (C=O) groups excluding carboxylic acids is 1. The van der Waals surface area contributed by atoms with Gasteiger partial charge in [-0.2, -0.15) is 0 Å². The molecule has 1 aromatic rings. The molecule has 6 aliphatic rings. The minimum absolute atomic E-state index is 0.0340. The van der Waals surface area contributed by atoms with Crippen LogP contribution in [0.3, 0.4) is 0 Å². The van der Waals surface area contributed by atoms with Crippen molar-refractivity contribution in [2.75, 3.05) is 48.1 Å². The Labute approximate surface area is 242 Å². The Balaban J connectivity index is 1.45. The number of carbonyl (C=O) groups is 1. The van der Waals surface area contributed by atoms with Crippen LogP contribution in [0.2, 0.25) is 0 Å². The molecule has 0 aromatic heterocycles. The summed E-state index contributed by atoms with van der Waals surface area (Å²) in [6.07, 6.45) is 0.0938. The molecule has 0 radical (unpaired) electrons.